The first-order valence-corrected chi connectivity index (χ1v) is 10.1. The summed E-state index contributed by atoms with van der Waals surface area (Å²) in [5.74, 6) is -0.581. The van der Waals surface area contributed by atoms with Gasteiger partial charge in [-0.3, -0.25) is 14.2 Å². The molecule has 24 heavy (non-hydrogen) atoms. The van der Waals surface area contributed by atoms with E-state index in [1.807, 2.05) is 0 Å². The molecule has 6 atom stereocenters. The summed E-state index contributed by atoms with van der Waals surface area (Å²) >= 11 is 8.03. The van der Waals surface area contributed by atoms with E-state index >= 15 is 0 Å². The van der Waals surface area contributed by atoms with Crippen molar-refractivity contribution in [1.29, 1.82) is 0 Å². The number of halogens is 1. The molecule has 11 nitrogen and oxygen atoms in total. The largest absolute Gasteiger partial charge is 0.386 e. The Hall–Kier alpha value is -0.790. The first-order chi connectivity index (χ1) is 11.3. The molecule has 14 heteroatoms. The average Bonchev–Trinajstić information content (AvgIpc) is 2.96. The summed E-state index contributed by atoms with van der Waals surface area (Å²) in [4.78, 5) is 34.8. The van der Waals surface area contributed by atoms with E-state index in [4.69, 9.17) is 31.3 Å². The summed E-state index contributed by atoms with van der Waals surface area (Å²) in [5.41, 5.74) is 5.53. The lowest BCUT2D eigenvalue weighted by molar-refractivity contribution is -0.117. The summed E-state index contributed by atoms with van der Waals surface area (Å²) in [6.45, 7) is -3.43. The van der Waals surface area contributed by atoms with Gasteiger partial charge in [-0.15, -0.1) is 0 Å². The van der Waals surface area contributed by atoms with Crippen LogP contribution in [-0.4, -0.2) is 74.5 Å². The van der Waals surface area contributed by atoms with E-state index in [2.05, 4.69) is 30.9 Å². The fourth-order valence-electron chi connectivity index (χ4n) is 2.83. The van der Waals surface area contributed by atoms with Crippen molar-refractivity contribution in [1.82, 2.24) is 4.90 Å². The van der Waals surface area contributed by atoms with Gasteiger partial charge in [-0.1, -0.05) is 0 Å². The fraction of sp³-hybridized carbons (Fsp3) is 0.600. The Morgan fingerprint density at radius 2 is 2.21 bits per heavy atom. The lowest BCUT2D eigenvalue weighted by Gasteiger charge is -2.30. The Labute approximate surface area is 148 Å². The van der Waals surface area contributed by atoms with Crippen LogP contribution < -0.4 is 5.73 Å². The number of nitrogens with zero attached hydrogens (tertiary/aromatic N) is 4. The van der Waals surface area contributed by atoms with E-state index in [0.29, 0.717) is 0 Å². The molecule has 0 aromatic carbocycles. The highest BCUT2D eigenvalue weighted by molar-refractivity contribution is 9.18. The maximum absolute atomic E-state index is 11.9. The van der Waals surface area contributed by atoms with Gasteiger partial charge >= 0.3 is 6.72 Å². The van der Waals surface area contributed by atoms with Gasteiger partial charge in [-0.05, 0) is 27.7 Å². The molecule has 0 aliphatic carbocycles. The lowest BCUT2D eigenvalue weighted by atomic mass is 10.1. The van der Waals surface area contributed by atoms with Crippen molar-refractivity contribution < 1.29 is 28.6 Å². The van der Waals surface area contributed by atoms with E-state index in [1.165, 1.54) is 4.90 Å². The van der Waals surface area contributed by atoms with Gasteiger partial charge in [-0.2, -0.15) is 9.98 Å². The molecule has 4 aliphatic heterocycles. The SMILES string of the molecule is NC1=NC(=O)C2N=C(Br)N([C@@H]3O[C@@H]4COP(O)(=S)O[C@H]4[C@H]3O)C2=N1. The second-order valence-electron chi connectivity index (χ2n) is 5.34. The number of hydrogen-bond acceptors (Lipinski definition) is 10. The number of rotatable bonds is 1. The smallest absolute Gasteiger partial charge is 0.325 e. The predicted molar refractivity (Wildman–Crippen MR) is 88.1 cm³/mol. The third-order valence-corrected chi connectivity index (χ3v) is 5.98. The van der Waals surface area contributed by atoms with Crippen LogP contribution in [0.15, 0.2) is 15.0 Å². The van der Waals surface area contributed by atoms with Gasteiger partial charge in [0.25, 0.3) is 5.91 Å². The molecule has 0 saturated carbocycles. The van der Waals surface area contributed by atoms with Crippen molar-refractivity contribution in [3.8, 4) is 0 Å². The number of carbonyl (C=O) groups is 1. The Balaban J connectivity index is 1.65. The van der Waals surface area contributed by atoms with Crippen molar-refractivity contribution in [2.45, 2.75) is 30.6 Å². The summed E-state index contributed by atoms with van der Waals surface area (Å²) in [6, 6.07) is -0.953. The van der Waals surface area contributed by atoms with Crippen LogP contribution in [0.2, 0.25) is 0 Å². The number of amides is 1. The number of aliphatic hydroxyl groups excluding tert-OH is 1. The molecule has 4 N–H and O–H groups in total. The second-order valence-corrected chi connectivity index (χ2v) is 8.84. The molecule has 4 rings (SSSR count). The minimum Gasteiger partial charge on any atom is -0.386 e. The van der Waals surface area contributed by atoms with Crippen molar-refractivity contribution in [2.75, 3.05) is 6.61 Å². The Kier molecular flexibility index (Phi) is 3.89. The lowest BCUT2D eigenvalue weighted by Crippen LogP contribution is -2.50. The molecule has 0 aromatic heterocycles. The Bertz CT molecular complexity index is 760. The molecular formula is C10H11BrN5O6PS. The van der Waals surface area contributed by atoms with Crippen LogP contribution in [-0.2, 0) is 30.4 Å². The monoisotopic (exact) mass is 439 g/mol. The van der Waals surface area contributed by atoms with E-state index in [9.17, 15) is 14.8 Å². The molecule has 0 spiro atoms. The molecule has 2 saturated heterocycles. The van der Waals surface area contributed by atoms with Gasteiger partial charge < -0.3 is 25.0 Å². The summed E-state index contributed by atoms with van der Waals surface area (Å²) < 4.78 is 16.3. The van der Waals surface area contributed by atoms with Crippen LogP contribution >= 0.6 is 22.6 Å². The van der Waals surface area contributed by atoms with E-state index in [1.54, 1.807) is 0 Å². The highest BCUT2D eigenvalue weighted by atomic mass is 79.9. The van der Waals surface area contributed by atoms with Gasteiger partial charge in [-0.25, -0.2) is 4.99 Å². The highest BCUT2D eigenvalue weighted by Crippen LogP contribution is 2.52. The minimum absolute atomic E-state index is 0.0208. The zero-order valence-electron chi connectivity index (χ0n) is 11.7. The molecular weight excluding hydrogens is 429 g/mol. The van der Waals surface area contributed by atoms with Crippen LogP contribution in [0.4, 0.5) is 0 Å². The maximum atomic E-state index is 11.9. The van der Waals surface area contributed by atoms with Crippen LogP contribution in [0.3, 0.4) is 0 Å². The van der Waals surface area contributed by atoms with E-state index in [-0.39, 0.29) is 23.1 Å². The molecule has 1 amide bonds. The summed E-state index contributed by atoms with van der Waals surface area (Å²) in [6.07, 6.45) is -3.67. The third kappa shape index (κ3) is 2.56. The molecule has 4 aliphatic rings. The molecule has 130 valence electrons. The molecule has 0 radical (unpaired) electrons. The standard InChI is InChI=1S/C10H11BrN5O6PS/c11-9-13-3-6(14-10(12)15-7(3)18)16(9)8-4(17)5-2(21-8)1-20-23(19,24)22-5/h2-5,8,17H,1H2,(H,19,24)(H2,12,15,18)/t2-,3?,4-,5-,8-,23?/m1/s1. The predicted octanol–water partition coefficient (Wildman–Crippen LogP) is -1.61. The zero-order chi connectivity index (χ0) is 17.2. The number of aliphatic imine (C=N–C) groups is 3. The summed E-state index contributed by atoms with van der Waals surface area (Å²) in [7, 11) is 0. The normalized spacial score (nSPS) is 44.6. The number of nitrogens with two attached hydrogens (primary N) is 1. The van der Waals surface area contributed by atoms with Gasteiger partial charge in [0.1, 0.15) is 18.3 Å². The number of amidine groups is 2. The first-order valence-electron chi connectivity index (χ1n) is 6.75. The fourth-order valence-corrected chi connectivity index (χ4v) is 4.87. The van der Waals surface area contributed by atoms with Gasteiger partial charge in [0.2, 0.25) is 5.96 Å². The van der Waals surface area contributed by atoms with Crippen LogP contribution in [0.1, 0.15) is 0 Å². The molecule has 0 aromatic rings. The number of carbonyl (C=O) groups excluding carboxylic acids is 1. The van der Waals surface area contributed by atoms with E-state index in [0.717, 1.165) is 0 Å². The van der Waals surface area contributed by atoms with Crippen LogP contribution in [0.25, 0.3) is 0 Å². The van der Waals surface area contributed by atoms with Crippen molar-refractivity contribution in [2.24, 2.45) is 20.7 Å². The first kappa shape index (κ1) is 16.7. The zero-order valence-corrected chi connectivity index (χ0v) is 15.0. The molecule has 4 heterocycles. The van der Waals surface area contributed by atoms with Crippen LogP contribution in [0, 0.1) is 0 Å². The topological polar surface area (TPSA) is 152 Å². The van der Waals surface area contributed by atoms with Crippen molar-refractivity contribution in [3.05, 3.63) is 0 Å². The second kappa shape index (κ2) is 5.61. The maximum Gasteiger partial charge on any atom is 0.325 e. The quantitative estimate of drug-likeness (QED) is 0.323. The number of hydrogen-bond donors (Lipinski definition) is 3. The van der Waals surface area contributed by atoms with Crippen molar-refractivity contribution >= 4 is 56.9 Å². The third-order valence-electron chi connectivity index (χ3n) is 3.83. The summed E-state index contributed by atoms with van der Waals surface area (Å²) in [5, 5.41) is 10.6. The van der Waals surface area contributed by atoms with E-state index < -0.39 is 43.2 Å². The molecule has 0 bridgehead atoms. The number of guanidine groups is 1. The molecule has 2 unspecified atom stereocenters. The van der Waals surface area contributed by atoms with Crippen molar-refractivity contribution in [3.63, 3.8) is 0 Å². The Morgan fingerprint density at radius 1 is 1.46 bits per heavy atom. The molecule has 2 fully saturated rings. The minimum atomic E-state index is -3.41. The van der Waals surface area contributed by atoms with Gasteiger partial charge in [0.15, 0.2) is 22.9 Å². The Morgan fingerprint density at radius 3 is 2.96 bits per heavy atom. The van der Waals surface area contributed by atoms with Gasteiger partial charge in [0, 0.05) is 0 Å². The van der Waals surface area contributed by atoms with Crippen LogP contribution in [0.5, 0.6) is 0 Å². The average molecular weight is 440 g/mol. The number of ether oxygens (including phenoxy) is 1. The number of fused-ring (bicyclic) bond motifs is 2. The highest BCUT2D eigenvalue weighted by Gasteiger charge is 2.55. The number of aliphatic hydroxyl groups is 1. The van der Waals surface area contributed by atoms with Gasteiger partial charge in [0.05, 0.1) is 6.61 Å².